The number of carbonyl (C=O) groups is 8. The topological polar surface area (TPSA) is 251 Å². The zero-order valence-electron chi connectivity index (χ0n) is 77.5. The Bertz CT molecular complexity index is 3470. The van der Waals surface area contributed by atoms with Crippen molar-refractivity contribution in [2.24, 2.45) is 104 Å². The minimum atomic E-state index is -1.05. The fraction of sp³-hybridized carbons (Fsp3) is 0.743. The molecule has 0 saturated heterocycles. The van der Waals surface area contributed by atoms with Gasteiger partial charge in [0.2, 0.25) is 0 Å². The van der Waals surface area contributed by atoms with Crippen molar-refractivity contribution in [3.05, 3.63) is 102 Å². The lowest BCUT2D eigenvalue weighted by Gasteiger charge is -2.33. The Morgan fingerprint density at radius 2 is 0.689 bits per heavy atom. The van der Waals surface area contributed by atoms with E-state index in [2.05, 4.69) is 115 Å². The molecule has 18 nitrogen and oxygen atoms in total. The van der Waals surface area contributed by atoms with Crippen molar-refractivity contribution in [1.29, 1.82) is 0 Å². The molecule has 119 heavy (non-hydrogen) atoms. The van der Waals surface area contributed by atoms with Gasteiger partial charge in [-0.3, -0.25) is 38.4 Å². The normalized spacial score (nSPS) is 25.5. The van der Waals surface area contributed by atoms with Crippen LogP contribution in [-0.4, -0.2) is 116 Å². The van der Waals surface area contributed by atoms with Gasteiger partial charge in [0, 0.05) is 5.41 Å². The van der Waals surface area contributed by atoms with Crippen LogP contribution in [0.3, 0.4) is 0 Å². The molecule has 9 aliphatic carbocycles. The van der Waals surface area contributed by atoms with Crippen LogP contribution in [0.4, 0.5) is 0 Å². The summed E-state index contributed by atoms with van der Waals surface area (Å²) in [6, 6.07) is 29.3. The summed E-state index contributed by atoms with van der Waals surface area (Å²) in [5, 5.41) is 16.8. The third-order valence-electron chi connectivity index (χ3n) is 29.7. The number of rotatable bonds is 32. The lowest BCUT2D eigenvalue weighted by molar-refractivity contribution is -0.164. The van der Waals surface area contributed by atoms with Gasteiger partial charge in [-0.15, -0.1) is 0 Å². The molecule has 9 aliphatic rings. The number of carboxylic acid groups (broad SMARTS) is 2. The predicted molar refractivity (Wildman–Crippen MR) is 469 cm³/mol. The maximum Gasteiger partial charge on any atom is 0.311 e. The van der Waals surface area contributed by atoms with Gasteiger partial charge in [-0.1, -0.05) is 161 Å². The van der Waals surface area contributed by atoms with Crippen LogP contribution in [0, 0.1) is 104 Å². The number of hydrogen-bond acceptors (Lipinski definition) is 16. The number of aliphatic carboxylic acids is 2. The maximum atomic E-state index is 12.2. The molecule has 12 rings (SSSR count). The fourth-order valence-electron chi connectivity index (χ4n) is 18.7. The number of ether oxygens (including phenoxy) is 8. The minimum Gasteiger partial charge on any atom is -0.491 e. The zero-order chi connectivity index (χ0) is 88.4. The first kappa shape index (κ1) is 101. The Kier molecular flexibility index (Phi) is 39.1. The molecule has 0 aromatic heterocycles. The van der Waals surface area contributed by atoms with E-state index in [1.54, 1.807) is 27.7 Å². The second-order valence-electron chi connectivity index (χ2n) is 40.1. The number of hydrogen-bond donors (Lipinski definition) is 2. The van der Waals surface area contributed by atoms with E-state index < -0.39 is 34.2 Å². The van der Waals surface area contributed by atoms with E-state index in [9.17, 15) is 38.4 Å². The molecule has 16 unspecified atom stereocenters. The Morgan fingerprint density at radius 1 is 0.361 bits per heavy atom. The van der Waals surface area contributed by atoms with Gasteiger partial charge in [0.25, 0.3) is 0 Å². The fourth-order valence-corrected chi connectivity index (χ4v) is 18.7. The smallest absolute Gasteiger partial charge is 0.311 e. The molecular formula is C101H158O18. The van der Waals surface area contributed by atoms with Crippen molar-refractivity contribution in [3.8, 4) is 5.75 Å². The van der Waals surface area contributed by atoms with Crippen molar-refractivity contribution in [1.82, 2.24) is 0 Å². The second kappa shape index (κ2) is 46.1. The van der Waals surface area contributed by atoms with Crippen molar-refractivity contribution in [2.75, 3.05) is 39.6 Å². The molecule has 0 radical (unpaired) electrons. The van der Waals surface area contributed by atoms with Crippen molar-refractivity contribution in [3.63, 3.8) is 0 Å². The first-order chi connectivity index (χ1) is 56.0. The summed E-state index contributed by atoms with van der Waals surface area (Å²) in [5.74, 6) is 8.94. The molecule has 670 valence electrons. The number of esters is 6. The highest BCUT2D eigenvalue weighted by molar-refractivity contribution is 5.79. The quantitative estimate of drug-likeness (QED) is 0.0335. The van der Waals surface area contributed by atoms with Gasteiger partial charge in [-0.2, -0.15) is 0 Å². The summed E-state index contributed by atoms with van der Waals surface area (Å²) in [6.07, 6.45) is 26.3. The SMILES string of the molecule is CCC(C)(C)C(=O)O.CCC(C)(C)C(=O)OC1CC2CC1C1CCCC21.CCC(C)(C)C(=O)OC1CC2CC1C1CCCC21.CCC(C)(C)C(=O)OC1CC2CC1C1CCCC21.CCC(C)(C)C(=O)OCCOC(=O)CCC(=O)O.CCC(C)(C)C(=O)OCCOCCOc1ccc(C(C)(C)c2ccccc2)cc1.CCC(C)c1ccccc1. The van der Waals surface area contributed by atoms with Crippen LogP contribution in [0.2, 0.25) is 0 Å². The van der Waals surface area contributed by atoms with Crippen LogP contribution in [0.25, 0.3) is 0 Å². The van der Waals surface area contributed by atoms with Crippen molar-refractivity contribution >= 4 is 47.8 Å². The molecule has 0 heterocycles. The predicted octanol–water partition coefficient (Wildman–Crippen LogP) is 22.8. The maximum absolute atomic E-state index is 12.2. The van der Waals surface area contributed by atoms with Gasteiger partial charge in [0.1, 0.15) is 50.5 Å². The molecule has 0 amide bonds. The number of carbonyl (C=O) groups excluding carboxylic acids is 6. The summed E-state index contributed by atoms with van der Waals surface area (Å²) >= 11 is 0. The summed E-state index contributed by atoms with van der Waals surface area (Å²) in [5.41, 5.74) is 1.45. The first-order valence-electron chi connectivity index (χ1n) is 46.0. The highest BCUT2D eigenvalue weighted by Crippen LogP contribution is 2.62. The Balaban J connectivity index is 0.000000222. The lowest BCUT2D eigenvalue weighted by atomic mass is 9.78. The molecule has 0 spiro atoms. The first-order valence-corrected chi connectivity index (χ1v) is 46.0. The van der Waals surface area contributed by atoms with Crippen LogP contribution in [-0.2, 0) is 76.9 Å². The largest absolute Gasteiger partial charge is 0.491 e. The molecule has 3 aromatic carbocycles. The zero-order valence-corrected chi connectivity index (χ0v) is 77.5. The molecule has 2 N–H and O–H groups in total. The molecule has 18 heteroatoms. The molecule has 9 fully saturated rings. The van der Waals surface area contributed by atoms with E-state index in [-0.39, 0.29) is 102 Å². The summed E-state index contributed by atoms with van der Waals surface area (Å²) in [4.78, 5) is 91.4. The molecule has 0 aliphatic heterocycles. The van der Waals surface area contributed by atoms with E-state index >= 15 is 0 Å². The van der Waals surface area contributed by atoms with E-state index in [1.165, 1.54) is 100 Å². The van der Waals surface area contributed by atoms with Gasteiger partial charge >= 0.3 is 47.8 Å². The average molecular weight is 1660 g/mol. The van der Waals surface area contributed by atoms with E-state index in [0.717, 1.165) is 104 Å². The monoisotopic (exact) mass is 1660 g/mol. The summed E-state index contributed by atoms with van der Waals surface area (Å²) < 4.78 is 43.7. The van der Waals surface area contributed by atoms with Crippen LogP contribution < -0.4 is 4.74 Å². The van der Waals surface area contributed by atoms with Crippen molar-refractivity contribution in [2.45, 2.75) is 336 Å². The molecule has 6 bridgehead atoms. The Hall–Kier alpha value is -6.82. The van der Waals surface area contributed by atoms with Gasteiger partial charge in [-0.05, 0) is 311 Å². The second-order valence-corrected chi connectivity index (χ2v) is 40.1. The van der Waals surface area contributed by atoms with Crippen LogP contribution >= 0.6 is 0 Å². The Labute approximate surface area is 717 Å². The third kappa shape index (κ3) is 28.6. The van der Waals surface area contributed by atoms with Crippen molar-refractivity contribution < 1.29 is 86.5 Å². The van der Waals surface area contributed by atoms with Gasteiger partial charge in [-0.25, -0.2) is 0 Å². The van der Waals surface area contributed by atoms with Gasteiger partial charge in [0.15, 0.2) is 0 Å². The Morgan fingerprint density at radius 3 is 1.03 bits per heavy atom. The third-order valence-corrected chi connectivity index (χ3v) is 29.7. The summed E-state index contributed by atoms with van der Waals surface area (Å²) in [6.45, 7) is 45.1. The van der Waals surface area contributed by atoms with Gasteiger partial charge < -0.3 is 48.1 Å². The van der Waals surface area contributed by atoms with Crippen LogP contribution in [0.5, 0.6) is 5.75 Å². The van der Waals surface area contributed by atoms with Crippen LogP contribution in [0.15, 0.2) is 84.9 Å². The highest BCUT2D eigenvalue weighted by atomic mass is 16.6. The number of carboxylic acids is 2. The van der Waals surface area contributed by atoms with Gasteiger partial charge in [0.05, 0.1) is 58.5 Å². The van der Waals surface area contributed by atoms with E-state index in [4.69, 9.17) is 48.1 Å². The molecular weight excluding hydrogens is 1500 g/mol. The lowest BCUT2D eigenvalue weighted by Crippen LogP contribution is -2.36. The standard InChI is InChI=1S/C25H34O4.3C16H26O2.C12H20O6.C10H14.C6H12O2/c1-6-24(2,3)23(26)29-19-17-27-16-18-28-22-14-12-21(13-15-22)25(4,5)20-10-8-7-9-11-20;3*1-4-16(2,3)15(17)18-14-9-10-8-13(14)12-7-5-6-11(10)12;1-4-12(2,3)11(16)18-8-7-17-10(15)6-5-9(13)14;1-3-9(2)10-7-5-4-6-8-10;1-4-6(2,3)5(7)8/h7-15H,6,16-19H2,1-5H3;3*10-14H,4-9H2,1-3H3;4-8H2,1-3H3,(H,13,14);4-9H,3H2,1-2H3;4H2,1-3H3,(H,7,8). The highest BCUT2D eigenvalue weighted by Gasteiger charge is 2.58. The summed E-state index contributed by atoms with van der Waals surface area (Å²) in [7, 11) is 0. The van der Waals surface area contributed by atoms with E-state index in [1.807, 2.05) is 94.4 Å². The molecule has 16 atom stereocenters. The minimum absolute atomic E-state index is 0.0128. The van der Waals surface area contributed by atoms with E-state index in [0.29, 0.717) is 56.3 Å². The number of fused-ring (bicyclic) bond motifs is 15. The molecule has 3 aromatic rings. The van der Waals surface area contributed by atoms with Crippen LogP contribution in [0.1, 0.15) is 329 Å². The average Bonchev–Trinajstić information content (AvgIpc) is 1.61. The number of benzene rings is 3. The molecule has 9 saturated carbocycles.